The Balaban J connectivity index is 1.52. The fourth-order valence-electron chi connectivity index (χ4n) is 3.32. The van der Waals surface area contributed by atoms with Crippen LogP contribution < -0.4 is 10.6 Å². The molecule has 9 nitrogen and oxygen atoms in total. The molecule has 3 rings (SSSR count). The van der Waals surface area contributed by atoms with Gasteiger partial charge in [0.15, 0.2) is 0 Å². The molecule has 1 aromatic carbocycles. The summed E-state index contributed by atoms with van der Waals surface area (Å²) in [7, 11) is 0. The summed E-state index contributed by atoms with van der Waals surface area (Å²) in [5, 5.41) is 15.3. The van der Waals surface area contributed by atoms with E-state index < -0.39 is 17.4 Å². The van der Waals surface area contributed by atoms with Crippen LogP contribution in [0.1, 0.15) is 27.2 Å². The van der Waals surface area contributed by atoms with Crippen molar-refractivity contribution in [2.24, 2.45) is 0 Å². The van der Waals surface area contributed by atoms with E-state index in [0.29, 0.717) is 18.8 Å². The summed E-state index contributed by atoms with van der Waals surface area (Å²) in [6.07, 6.45) is 1.75. The fourth-order valence-corrected chi connectivity index (χ4v) is 3.32. The van der Waals surface area contributed by atoms with Crippen LogP contribution in [0.3, 0.4) is 0 Å². The fraction of sp³-hybridized carbons (Fsp3) is 0.476. The van der Waals surface area contributed by atoms with Gasteiger partial charge in [0.25, 0.3) is 11.8 Å². The molecule has 30 heavy (non-hydrogen) atoms. The number of rotatable bonds is 6. The van der Waals surface area contributed by atoms with Gasteiger partial charge in [-0.15, -0.1) is 0 Å². The van der Waals surface area contributed by atoms with Crippen LogP contribution in [-0.4, -0.2) is 70.7 Å². The molecule has 1 saturated heterocycles. The molecule has 9 heteroatoms. The Morgan fingerprint density at radius 2 is 1.87 bits per heavy atom. The van der Waals surface area contributed by atoms with Crippen LogP contribution in [0.4, 0.5) is 16.2 Å². The molecule has 162 valence electrons. The number of likely N-dealkylation sites (tertiary alicyclic amines) is 1. The normalized spacial score (nSPS) is 19.2. The summed E-state index contributed by atoms with van der Waals surface area (Å²) in [6, 6.07) is 7.46. The second-order valence-corrected chi connectivity index (χ2v) is 8.34. The lowest BCUT2D eigenvalue weighted by atomic mass is 10.2. The molecule has 2 heterocycles. The lowest BCUT2D eigenvalue weighted by molar-refractivity contribution is -0.137. The highest BCUT2D eigenvalue weighted by Crippen LogP contribution is 2.22. The van der Waals surface area contributed by atoms with Crippen molar-refractivity contribution in [3.05, 3.63) is 36.0 Å². The number of amides is 3. The second kappa shape index (κ2) is 8.74. The molecule has 2 aliphatic heterocycles. The van der Waals surface area contributed by atoms with Crippen LogP contribution in [0.25, 0.3) is 0 Å². The summed E-state index contributed by atoms with van der Waals surface area (Å²) in [4.78, 5) is 38.9. The molecule has 1 fully saturated rings. The first kappa shape index (κ1) is 21.6. The smallest absolute Gasteiger partial charge is 0.410 e. The zero-order valence-electron chi connectivity index (χ0n) is 17.5. The maximum atomic E-state index is 12.2. The summed E-state index contributed by atoms with van der Waals surface area (Å²) >= 11 is 0. The molecule has 0 radical (unpaired) electrons. The van der Waals surface area contributed by atoms with E-state index in [9.17, 15) is 14.4 Å². The summed E-state index contributed by atoms with van der Waals surface area (Å²) < 4.78 is 5.42. The van der Waals surface area contributed by atoms with Crippen LogP contribution in [0.2, 0.25) is 0 Å². The molecule has 0 aromatic heterocycles. The lowest BCUT2D eigenvalue weighted by Gasteiger charge is -2.24. The number of hydrogen-bond acceptors (Lipinski definition) is 7. The van der Waals surface area contributed by atoms with E-state index in [4.69, 9.17) is 9.84 Å². The van der Waals surface area contributed by atoms with Gasteiger partial charge in [0.2, 0.25) is 0 Å². The van der Waals surface area contributed by atoms with Crippen LogP contribution in [0.5, 0.6) is 0 Å². The molecular weight excluding hydrogens is 388 g/mol. The standard InChI is InChI=1S/C21H28N4O5/c1-21(2,3)30-20(29)24-9-8-16(13-24)22-14-4-6-15(7-5-14)23-17-12-18(27)25(10-11-26)19(17)28/h4-7,12,16,22-23,26H,8-11,13H2,1-3H3. The minimum Gasteiger partial charge on any atom is -0.444 e. The quantitative estimate of drug-likeness (QED) is 0.606. The van der Waals surface area contributed by atoms with Crippen LogP contribution in [-0.2, 0) is 14.3 Å². The largest absolute Gasteiger partial charge is 0.444 e. The number of aliphatic hydroxyl groups excluding tert-OH is 1. The Labute approximate surface area is 175 Å². The van der Waals surface area contributed by atoms with E-state index >= 15 is 0 Å². The van der Waals surface area contributed by atoms with Crippen molar-refractivity contribution in [2.45, 2.75) is 38.8 Å². The maximum absolute atomic E-state index is 12.2. The van der Waals surface area contributed by atoms with E-state index in [1.54, 1.807) is 17.0 Å². The van der Waals surface area contributed by atoms with E-state index in [-0.39, 0.29) is 31.0 Å². The van der Waals surface area contributed by atoms with Crippen molar-refractivity contribution in [1.29, 1.82) is 0 Å². The van der Waals surface area contributed by atoms with E-state index in [1.165, 1.54) is 6.08 Å². The van der Waals surface area contributed by atoms with Gasteiger partial charge in [-0.3, -0.25) is 14.5 Å². The molecule has 0 spiro atoms. The molecule has 0 aliphatic carbocycles. The second-order valence-electron chi connectivity index (χ2n) is 8.34. The number of anilines is 2. The number of ether oxygens (including phenoxy) is 1. The third-order valence-corrected chi connectivity index (χ3v) is 4.71. The predicted octanol–water partition coefficient (Wildman–Crippen LogP) is 1.76. The number of aliphatic hydroxyl groups is 1. The number of carbonyl (C=O) groups excluding carboxylic acids is 3. The molecular formula is C21H28N4O5. The average molecular weight is 416 g/mol. The number of imide groups is 1. The highest BCUT2D eigenvalue weighted by Gasteiger charge is 2.31. The van der Waals surface area contributed by atoms with Crippen molar-refractivity contribution in [1.82, 2.24) is 9.80 Å². The SMILES string of the molecule is CC(C)(C)OC(=O)N1CCC(Nc2ccc(NC3=CC(=O)N(CCO)C3=O)cc2)C1. The number of hydrogen-bond donors (Lipinski definition) is 3. The van der Waals surface area contributed by atoms with E-state index in [1.807, 2.05) is 32.9 Å². The van der Waals surface area contributed by atoms with Crippen LogP contribution >= 0.6 is 0 Å². The van der Waals surface area contributed by atoms with Crippen LogP contribution in [0.15, 0.2) is 36.0 Å². The van der Waals surface area contributed by atoms with Crippen molar-refractivity contribution >= 4 is 29.3 Å². The highest BCUT2D eigenvalue weighted by molar-refractivity contribution is 6.17. The first-order chi connectivity index (χ1) is 14.2. The number of benzene rings is 1. The van der Waals surface area contributed by atoms with Crippen molar-refractivity contribution in [2.75, 3.05) is 36.9 Å². The molecule has 0 saturated carbocycles. The average Bonchev–Trinajstić information content (AvgIpc) is 3.23. The predicted molar refractivity (Wildman–Crippen MR) is 112 cm³/mol. The zero-order valence-corrected chi connectivity index (χ0v) is 17.5. The topological polar surface area (TPSA) is 111 Å². The van der Waals surface area contributed by atoms with Gasteiger partial charge in [-0.25, -0.2) is 4.79 Å². The number of nitrogens with one attached hydrogen (secondary N) is 2. The van der Waals surface area contributed by atoms with Crippen molar-refractivity contribution in [3.8, 4) is 0 Å². The molecule has 1 unspecified atom stereocenters. The van der Waals surface area contributed by atoms with Gasteiger partial charge in [-0.1, -0.05) is 0 Å². The molecule has 2 aliphatic rings. The zero-order chi connectivity index (χ0) is 21.9. The number of nitrogens with zero attached hydrogens (tertiary/aromatic N) is 2. The van der Waals surface area contributed by atoms with Crippen molar-refractivity contribution in [3.63, 3.8) is 0 Å². The van der Waals surface area contributed by atoms with Crippen LogP contribution in [0, 0.1) is 0 Å². The first-order valence-corrected chi connectivity index (χ1v) is 9.96. The summed E-state index contributed by atoms with van der Waals surface area (Å²) in [6.45, 7) is 6.46. The first-order valence-electron chi connectivity index (χ1n) is 9.96. The lowest BCUT2D eigenvalue weighted by Crippen LogP contribution is -2.36. The Morgan fingerprint density at radius 1 is 1.20 bits per heavy atom. The number of β-amino-alcohol motifs (C(OH)–C–C–N with tert-alkyl or cyclic N) is 1. The summed E-state index contributed by atoms with van der Waals surface area (Å²) in [5.41, 5.74) is 1.22. The van der Waals surface area contributed by atoms with E-state index in [2.05, 4.69) is 10.6 Å². The molecule has 3 amide bonds. The van der Waals surface area contributed by atoms with Gasteiger partial charge < -0.3 is 25.4 Å². The monoisotopic (exact) mass is 416 g/mol. The van der Waals surface area contributed by atoms with Gasteiger partial charge >= 0.3 is 6.09 Å². The third kappa shape index (κ3) is 5.29. The third-order valence-electron chi connectivity index (χ3n) is 4.71. The molecule has 3 N–H and O–H groups in total. The van der Waals surface area contributed by atoms with E-state index in [0.717, 1.165) is 17.0 Å². The van der Waals surface area contributed by atoms with Crippen molar-refractivity contribution < 1.29 is 24.2 Å². The Hall–Kier alpha value is -3.07. The Kier molecular flexibility index (Phi) is 6.31. The van der Waals surface area contributed by atoms with Gasteiger partial charge in [0.1, 0.15) is 11.3 Å². The Morgan fingerprint density at radius 3 is 2.50 bits per heavy atom. The molecule has 1 aromatic rings. The minimum atomic E-state index is -0.513. The Bertz CT molecular complexity index is 844. The minimum absolute atomic E-state index is 0.0239. The van der Waals surface area contributed by atoms with Gasteiger partial charge in [0.05, 0.1) is 13.2 Å². The van der Waals surface area contributed by atoms with Gasteiger partial charge in [0, 0.05) is 36.6 Å². The molecule has 0 bridgehead atoms. The summed E-state index contributed by atoms with van der Waals surface area (Å²) in [5.74, 6) is -0.893. The number of carbonyl (C=O) groups is 3. The van der Waals surface area contributed by atoms with Gasteiger partial charge in [-0.05, 0) is 51.5 Å². The van der Waals surface area contributed by atoms with Gasteiger partial charge in [-0.2, -0.15) is 0 Å². The maximum Gasteiger partial charge on any atom is 0.410 e. The highest BCUT2D eigenvalue weighted by atomic mass is 16.6. The molecule has 1 atom stereocenters.